The summed E-state index contributed by atoms with van der Waals surface area (Å²) in [5.41, 5.74) is 6.68. The molecule has 0 heterocycles. The molecule has 0 spiro atoms. The van der Waals surface area contributed by atoms with Crippen LogP contribution in [-0.2, 0) is 4.79 Å². The molecule has 0 saturated carbocycles. The largest absolute Gasteiger partial charge is 0.427 e. The van der Waals surface area contributed by atoms with Gasteiger partial charge in [0.05, 0.1) is 0 Å². The van der Waals surface area contributed by atoms with Crippen LogP contribution in [0, 0.1) is 0 Å². The van der Waals surface area contributed by atoms with Gasteiger partial charge in [0, 0.05) is 13.0 Å². The summed E-state index contributed by atoms with van der Waals surface area (Å²) in [5, 5.41) is 0. The zero-order chi connectivity index (χ0) is 9.84. The molecule has 1 atom stereocenters. The Kier molecular flexibility index (Phi) is 3.03. The number of hydrogen-bond acceptors (Lipinski definition) is 3. The summed E-state index contributed by atoms with van der Waals surface area (Å²) < 4.78 is 4.87. The van der Waals surface area contributed by atoms with Crippen LogP contribution in [-0.4, -0.2) is 5.97 Å². The quantitative estimate of drug-likeness (QED) is 0.554. The van der Waals surface area contributed by atoms with E-state index >= 15 is 0 Å². The Morgan fingerprint density at radius 1 is 1.38 bits per heavy atom. The number of ether oxygens (including phenoxy) is 1. The third-order valence-corrected chi connectivity index (χ3v) is 1.67. The van der Waals surface area contributed by atoms with Crippen molar-refractivity contribution in [1.29, 1.82) is 0 Å². The van der Waals surface area contributed by atoms with Gasteiger partial charge in [-0.2, -0.15) is 0 Å². The van der Waals surface area contributed by atoms with Gasteiger partial charge in [0.1, 0.15) is 5.75 Å². The summed E-state index contributed by atoms with van der Waals surface area (Å²) >= 11 is 0. The van der Waals surface area contributed by atoms with Crippen molar-refractivity contribution in [1.82, 2.24) is 0 Å². The second-order valence-corrected chi connectivity index (χ2v) is 2.95. The predicted molar refractivity (Wildman–Crippen MR) is 50.4 cm³/mol. The maximum absolute atomic E-state index is 10.6. The minimum Gasteiger partial charge on any atom is -0.427 e. The van der Waals surface area contributed by atoms with Crippen molar-refractivity contribution in [2.24, 2.45) is 5.73 Å². The Morgan fingerprint density at radius 2 is 1.92 bits per heavy atom. The lowest BCUT2D eigenvalue weighted by atomic mass is 10.1. The zero-order valence-corrected chi connectivity index (χ0v) is 7.78. The predicted octanol–water partition coefficient (Wildman–Crippen LogP) is 1.63. The fourth-order valence-electron chi connectivity index (χ4n) is 1.01. The summed E-state index contributed by atoms with van der Waals surface area (Å²) in [6, 6.07) is 7.18. The van der Waals surface area contributed by atoms with Crippen LogP contribution in [0.5, 0.6) is 5.75 Å². The molecule has 0 radical (unpaired) electrons. The van der Waals surface area contributed by atoms with Crippen molar-refractivity contribution in [3.63, 3.8) is 0 Å². The highest BCUT2D eigenvalue weighted by molar-refractivity contribution is 5.69. The SMILES string of the molecule is CC(=O)Oc1ccc([C@H](C)N)cc1. The fraction of sp³-hybridized carbons (Fsp3) is 0.300. The highest BCUT2D eigenvalue weighted by Crippen LogP contribution is 2.15. The number of carbonyl (C=O) groups excluding carboxylic acids is 1. The molecule has 0 aliphatic heterocycles. The van der Waals surface area contributed by atoms with E-state index in [1.54, 1.807) is 12.1 Å². The Morgan fingerprint density at radius 3 is 2.31 bits per heavy atom. The zero-order valence-electron chi connectivity index (χ0n) is 7.78. The molecule has 1 aromatic rings. The standard InChI is InChI=1S/C10H13NO2/c1-7(11)9-3-5-10(6-4-9)13-8(2)12/h3-7H,11H2,1-2H3/t7-/m0/s1. The van der Waals surface area contributed by atoms with Gasteiger partial charge in [-0.1, -0.05) is 12.1 Å². The second kappa shape index (κ2) is 4.05. The second-order valence-electron chi connectivity index (χ2n) is 2.95. The molecule has 0 fully saturated rings. The molecule has 3 nitrogen and oxygen atoms in total. The van der Waals surface area contributed by atoms with E-state index in [0.717, 1.165) is 5.56 Å². The van der Waals surface area contributed by atoms with Crippen molar-refractivity contribution < 1.29 is 9.53 Å². The highest BCUT2D eigenvalue weighted by atomic mass is 16.5. The lowest BCUT2D eigenvalue weighted by Gasteiger charge is -2.06. The Labute approximate surface area is 77.5 Å². The van der Waals surface area contributed by atoms with Crippen LogP contribution >= 0.6 is 0 Å². The first-order valence-electron chi connectivity index (χ1n) is 4.13. The molecule has 1 rings (SSSR count). The van der Waals surface area contributed by atoms with Crippen molar-refractivity contribution in [3.05, 3.63) is 29.8 Å². The number of esters is 1. The number of rotatable bonds is 2. The normalized spacial score (nSPS) is 12.2. The molecule has 0 aliphatic carbocycles. The molecular weight excluding hydrogens is 166 g/mol. The van der Waals surface area contributed by atoms with Gasteiger partial charge in [0.15, 0.2) is 0 Å². The van der Waals surface area contributed by atoms with Crippen LogP contribution in [0.25, 0.3) is 0 Å². The van der Waals surface area contributed by atoms with Crippen LogP contribution < -0.4 is 10.5 Å². The first-order valence-corrected chi connectivity index (χ1v) is 4.13. The summed E-state index contributed by atoms with van der Waals surface area (Å²) in [5.74, 6) is 0.241. The average molecular weight is 179 g/mol. The number of nitrogens with two attached hydrogens (primary N) is 1. The topological polar surface area (TPSA) is 52.3 Å². The van der Waals surface area contributed by atoms with Crippen molar-refractivity contribution in [3.8, 4) is 5.75 Å². The number of carbonyl (C=O) groups is 1. The van der Waals surface area contributed by atoms with Gasteiger partial charge >= 0.3 is 5.97 Å². The monoisotopic (exact) mass is 179 g/mol. The molecule has 1 aromatic carbocycles. The van der Waals surface area contributed by atoms with Gasteiger partial charge in [0.25, 0.3) is 0 Å². The van der Waals surface area contributed by atoms with E-state index in [4.69, 9.17) is 10.5 Å². The summed E-state index contributed by atoms with van der Waals surface area (Å²) in [6.07, 6.45) is 0. The van der Waals surface area contributed by atoms with E-state index in [0.29, 0.717) is 5.75 Å². The van der Waals surface area contributed by atoms with Gasteiger partial charge in [-0.3, -0.25) is 4.79 Å². The van der Waals surface area contributed by atoms with Crippen LogP contribution in [0.15, 0.2) is 24.3 Å². The average Bonchev–Trinajstić information content (AvgIpc) is 2.04. The highest BCUT2D eigenvalue weighted by Gasteiger charge is 2.00. The molecule has 0 saturated heterocycles. The first-order chi connectivity index (χ1) is 6.09. The first kappa shape index (κ1) is 9.74. The van der Waals surface area contributed by atoms with Gasteiger partial charge in [-0.15, -0.1) is 0 Å². The lowest BCUT2D eigenvalue weighted by Crippen LogP contribution is -2.05. The third-order valence-electron chi connectivity index (χ3n) is 1.67. The molecule has 13 heavy (non-hydrogen) atoms. The fourth-order valence-corrected chi connectivity index (χ4v) is 1.01. The minimum absolute atomic E-state index is 0.00591. The molecule has 70 valence electrons. The van der Waals surface area contributed by atoms with Crippen molar-refractivity contribution >= 4 is 5.97 Å². The Hall–Kier alpha value is -1.35. The van der Waals surface area contributed by atoms with Crippen LogP contribution in [0.3, 0.4) is 0 Å². The number of benzene rings is 1. The maximum atomic E-state index is 10.6. The summed E-state index contributed by atoms with van der Waals surface area (Å²) in [4.78, 5) is 10.6. The molecule has 0 unspecified atom stereocenters. The molecular formula is C10H13NO2. The number of hydrogen-bond donors (Lipinski definition) is 1. The summed E-state index contributed by atoms with van der Waals surface area (Å²) in [6.45, 7) is 3.28. The van der Waals surface area contributed by atoms with Crippen LogP contribution in [0.2, 0.25) is 0 Å². The molecule has 0 aromatic heterocycles. The van der Waals surface area contributed by atoms with E-state index in [-0.39, 0.29) is 12.0 Å². The van der Waals surface area contributed by atoms with Gasteiger partial charge in [-0.05, 0) is 24.6 Å². The Balaban J connectivity index is 2.75. The Bertz CT molecular complexity index is 290. The van der Waals surface area contributed by atoms with Crippen molar-refractivity contribution in [2.45, 2.75) is 19.9 Å². The molecule has 2 N–H and O–H groups in total. The van der Waals surface area contributed by atoms with Crippen molar-refractivity contribution in [2.75, 3.05) is 0 Å². The van der Waals surface area contributed by atoms with E-state index in [2.05, 4.69) is 0 Å². The van der Waals surface area contributed by atoms with E-state index in [1.165, 1.54) is 6.92 Å². The van der Waals surface area contributed by atoms with Gasteiger partial charge in [0.2, 0.25) is 0 Å². The lowest BCUT2D eigenvalue weighted by molar-refractivity contribution is -0.131. The molecule has 3 heteroatoms. The van der Waals surface area contributed by atoms with Crippen LogP contribution in [0.4, 0.5) is 0 Å². The van der Waals surface area contributed by atoms with Crippen LogP contribution in [0.1, 0.15) is 25.5 Å². The van der Waals surface area contributed by atoms with Gasteiger partial charge < -0.3 is 10.5 Å². The van der Waals surface area contributed by atoms with Gasteiger partial charge in [-0.25, -0.2) is 0 Å². The smallest absolute Gasteiger partial charge is 0.308 e. The molecule has 0 aliphatic rings. The minimum atomic E-state index is -0.312. The molecule has 0 bridgehead atoms. The summed E-state index contributed by atoms with van der Waals surface area (Å²) in [7, 11) is 0. The molecule has 0 amide bonds. The van der Waals surface area contributed by atoms with E-state index in [9.17, 15) is 4.79 Å². The maximum Gasteiger partial charge on any atom is 0.308 e. The third kappa shape index (κ3) is 2.87. The van der Waals surface area contributed by atoms with E-state index < -0.39 is 0 Å². The van der Waals surface area contributed by atoms with E-state index in [1.807, 2.05) is 19.1 Å².